The maximum absolute atomic E-state index is 12.6. The van der Waals surface area contributed by atoms with Gasteiger partial charge in [0.2, 0.25) is 0 Å². The van der Waals surface area contributed by atoms with Gasteiger partial charge in [-0.25, -0.2) is 17.9 Å². The number of hydrogen-bond donors (Lipinski definition) is 3. The first-order valence-electron chi connectivity index (χ1n) is 7.62. The van der Waals surface area contributed by atoms with Gasteiger partial charge in [-0.05, 0) is 38.1 Å². The van der Waals surface area contributed by atoms with E-state index >= 15 is 0 Å². The van der Waals surface area contributed by atoms with E-state index in [4.69, 9.17) is 22.1 Å². The number of benzene rings is 1. The van der Waals surface area contributed by atoms with E-state index in [9.17, 15) is 18.0 Å². The molecule has 1 aromatic carbocycles. The Balaban J connectivity index is 2.26. The largest absolute Gasteiger partial charge is 0.496 e. The van der Waals surface area contributed by atoms with Crippen LogP contribution in [-0.2, 0) is 10.0 Å². The second kappa shape index (κ2) is 8.15. The molecule has 2 rings (SSSR count). The molecule has 1 heterocycles. The zero-order chi connectivity index (χ0) is 20.4. The molecule has 11 heteroatoms. The van der Waals surface area contributed by atoms with Crippen LogP contribution in [0.15, 0.2) is 29.2 Å². The average Bonchev–Trinajstić information content (AvgIpc) is 2.96. The molecule has 1 aromatic heterocycles. The summed E-state index contributed by atoms with van der Waals surface area (Å²) < 4.78 is 31.2. The van der Waals surface area contributed by atoms with E-state index in [0.717, 1.165) is 0 Å². The highest BCUT2D eigenvalue weighted by Crippen LogP contribution is 2.30. The molecule has 0 radical (unpaired) electrons. The number of carbonyl (C=O) groups is 2. The lowest BCUT2D eigenvalue weighted by molar-refractivity contribution is 0.0937. The maximum Gasteiger partial charge on any atom is 0.326 e. The van der Waals surface area contributed by atoms with Gasteiger partial charge in [-0.15, -0.1) is 11.3 Å². The number of amides is 3. The molecule has 0 fully saturated rings. The van der Waals surface area contributed by atoms with Crippen molar-refractivity contribution >= 4 is 44.9 Å². The van der Waals surface area contributed by atoms with Crippen molar-refractivity contribution in [2.24, 2.45) is 5.73 Å². The zero-order valence-corrected chi connectivity index (χ0v) is 17.1. The van der Waals surface area contributed by atoms with Gasteiger partial charge in [0.25, 0.3) is 15.9 Å². The van der Waals surface area contributed by atoms with Gasteiger partial charge in [0, 0.05) is 14.8 Å². The Labute approximate surface area is 165 Å². The monoisotopic (exact) mass is 431 g/mol. The number of halogens is 1. The molecular weight excluding hydrogens is 414 g/mol. The van der Waals surface area contributed by atoms with Crippen LogP contribution in [0.1, 0.15) is 33.1 Å². The first-order chi connectivity index (χ1) is 12.5. The van der Waals surface area contributed by atoms with Gasteiger partial charge in [-0.3, -0.25) is 4.79 Å². The van der Waals surface area contributed by atoms with Crippen molar-refractivity contribution in [1.29, 1.82) is 0 Å². The molecule has 146 valence electrons. The summed E-state index contributed by atoms with van der Waals surface area (Å²) in [5.41, 5.74) is 5.15. The quantitative estimate of drug-likeness (QED) is 0.647. The molecule has 0 bridgehead atoms. The molecule has 27 heavy (non-hydrogen) atoms. The van der Waals surface area contributed by atoms with E-state index in [1.54, 1.807) is 30.7 Å². The molecule has 0 spiro atoms. The second-order valence-electron chi connectivity index (χ2n) is 5.58. The fourth-order valence-electron chi connectivity index (χ4n) is 2.36. The first-order valence-corrected chi connectivity index (χ1v) is 10.3. The fraction of sp³-hybridized carbons (Fsp3) is 0.250. The number of nitrogens with two attached hydrogens (primary N) is 1. The molecule has 0 aliphatic carbocycles. The third-order valence-electron chi connectivity index (χ3n) is 3.60. The summed E-state index contributed by atoms with van der Waals surface area (Å²) >= 11 is 7.13. The Hall–Kier alpha value is -2.30. The second-order valence-corrected chi connectivity index (χ2v) is 8.95. The van der Waals surface area contributed by atoms with Crippen molar-refractivity contribution in [1.82, 2.24) is 10.0 Å². The SMILES string of the molecule is COc1ccc(Cl)cc1C(=O)NC(C)c1cc(S(=O)(=O)NC(N)=O)c(C)s1. The molecule has 2 aromatic rings. The standard InChI is InChI=1S/C16H18ClN3O5S2/c1-8(19-15(21)11-6-10(17)4-5-12(11)25-3)13-7-14(9(2)26-13)27(23,24)20-16(18)22/h4-8H,1-3H3,(H,19,21)(H3,18,20,22). The van der Waals surface area contributed by atoms with Gasteiger partial charge in [0.1, 0.15) is 10.6 Å². The van der Waals surface area contributed by atoms with Gasteiger partial charge in [-0.2, -0.15) is 0 Å². The number of primary amides is 1. The number of methoxy groups -OCH3 is 1. The lowest BCUT2D eigenvalue weighted by Gasteiger charge is -2.14. The third-order valence-corrected chi connectivity index (χ3v) is 6.67. The van der Waals surface area contributed by atoms with E-state index in [2.05, 4.69) is 5.32 Å². The first kappa shape index (κ1) is 21.0. The zero-order valence-electron chi connectivity index (χ0n) is 14.7. The topological polar surface area (TPSA) is 128 Å². The number of carbonyl (C=O) groups excluding carboxylic acids is 2. The Bertz CT molecular complexity index is 988. The lowest BCUT2D eigenvalue weighted by atomic mass is 10.1. The lowest BCUT2D eigenvalue weighted by Crippen LogP contribution is -2.35. The van der Waals surface area contributed by atoms with Crippen molar-refractivity contribution in [2.75, 3.05) is 7.11 Å². The van der Waals surface area contributed by atoms with Crippen LogP contribution < -0.4 is 20.5 Å². The number of sulfonamides is 1. The summed E-state index contributed by atoms with van der Waals surface area (Å²) in [6.45, 7) is 3.30. The molecule has 3 amide bonds. The minimum atomic E-state index is -4.06. The van der Waals surface area contributed by atoms with Crippen LogP contribution in [0, 0.1) is 6.92 Å². The fourth-order valence-corrected chi connectivity index (χ4v) is 5.02. The van der Waals surface area contributed by atoms with Crippen LogP contribution in [-0.4, -0.2) is 27.5 Å². The van der Waals surface area contributed by atoms with Gasteiger partial charge < -0.3 is 15.8 Å². The number of nitrogens with one attached hydrogen (secondary N) is 2. The molecule has 4 N–H and O–H groups in total. The van der Waals surface area contributed by atoms with E-state index < -0.39 is 28.0 Å². The average molecular weight is 432 g/mol. The van der Waals surface area contributed by atoms with Crippen LogP contribution >= 0.6 is 22.9 Å². The van der Waals surface area contributed by atoms with Gasteiger partial charge >= 0.3 is 6.03 Å². The van der Waals surface area contributed by atoms with Crippen molar-refractivity contribution in [2.45, 2.75) is 24.8 Å². The number of aryl methyl sites for hydroxylation is 1. The number of rotatable bonds is 6. The maximum atomic E-state index is 12.6. The summed E-state index contributed by atoms with van der Waals surface area (Å²) in [5, 5.41) is 3.15. The number of ether oxygens (including phenoxy) is 1. The van der Waals surface area contributed by atoms with Crippen LogP contribution in [0.2, 0.25) is 5.02 Å². The molecule has 0 aliphatic heterocycles. The van der Waals surface area contributed by atoms with Crippen molar-refractivity contribution in [3.63, 3.8) is 0 Å². The molecule has 0 aliphatic rings. The van der Waals surface area contributed by atoms with Crippen LogP contribution in [0.5, 0.6) is 5.75 Å². The summed E-state index contributed by atoms with van der Waals surface area (Å²) in [6.07, 6.45) is 0. The molecule has 1 unspecified atom stereocenters. The highest BCUT2D eigenvalue weighted by atomic mass is 35.5. The summed E-state index contributed by atoms with van der Waals surface area (Å²) in [7, 11) is -2.62. The molecule has 0 saturated heterocycles. The molecule has 8 nitrogen and oxygen atoms in total. The Kier molecular flexibility index (Phi) is 6.34. The number of hydrogen-bond acceptors (Lipinski definition) is 6. The Morgan fingerprint density at radius 2 is 1.96 bits per heavy atom. The van der Waals surface area contributed by atoms with Gasteiger partial charge in [-0.1, -0.05) is 11.6 Å². The Morgan fingerprint density at radius 1 is 1.30 bits per heavy atom. The van der Waals surface area contributed by atoms with Gasteiger partial charge in [0.15, 0.2) is 0 Å². The minimum Gasteiger partial charge on any atom is -0.496 e. The highest BCUT2D eigenvalue weighted by molar-refractivity contribution is 7.90. The van der Waals surface area contributed by atoms with Crippen LogP contribution in [0.4, 0.5) is 4.79 Å². The Morgan fingerprint density at radius 3 is 2.56 bits per heavy atom. The highest BCUT2D eigenvalue weighted by Gasteiger charge is 2.24. The number of urea groups is 1. The van der Waals surface area contributed by atoms with Crippen molar-refractivity contribution in [3.05, 3.63) is 44.6 Å². The molecule has 0 saturated carbocycles. The van der Waals surface area contributed by atoms with E-state index in [-0.39, 0.29) is 10.5 Å². The van der Waals surface area contributed by atoms with Gasteiger partial charge in [0.05, 0.1) is 18.7 Å². The summed E-state index contributed by atoms with van der Waals surface area (Å²) in [5.74, 6) is -0.0621. The molecular formula is C16H18ClN3O5S2. The van der Waals surface area contributed by atoms with Crippen LogP contribution in [0.3, 0.4) is 0 Å². The summed E-state index contributed by atoms with van der Waals surface area (Å²) in [6, 6.07) is 4.39. The molecule has 1 atom stereocenters. The predicted molar refractivity (Wildman–Crippen MR) is 103 cm³/mol. The smallest absolute Gasteiger partial charge is 0.326 e. The van der Waals surface area contributed by atoms with E-state index in [0.29, 0.717) is 20.5 Å². The van der Waals surface area contributed by atoms with E-state index in [1.165, 1.54) is 30.6 Å². The predicted octanol–water partition coefficient (Wildman–Crippen LogP) is 2.57. The number of thiophene rings is 1. The van der Waals surface area contributed by atoms with Crippen LogP contribution in [0.25, 0.3) is 0 Å². The minimum absolute atomic E-state index is 0.0669. The van der Waals surface area contributed by atoms with Crippen molar-refractivity contribution < 1.29 is 22.7 Å². The normalized spacial score (nSPS) is 12.3. The van der Waals surface area contributed by atoms with Crippen molar-refractivity contribution in [3.8, 4) is 5.75 Å². The summed E-state index contributed by atoms with van der Waals surface area (Å²) in [4.78, 5) is 24.4. The van der Waals surface area contributed by atoms with E-state index in [1.807, 2.05) is 0 Å². The third kappa shape index (κ3) is 4.90.